The molecule has 20 heavy (non-hydrogen) atoms. The predicted octanol–water partition coefficient (Wildman–Crippen LogP) is 1.62. The van der Waals surface area contributed by atoms with Gasteiger partial charge in [-0.1, -0.05) is 6.07 Å². The van der Waals surface area contributed by atoms with Crippen molar-refractivity contribution in [3.05, 3.63) is 29.5 Å². The average molecular weight is 276 g/mol. The molecule has 1 fully saturated rings. The van der Waals surface area contributed by atoms with E-state index in [0.29, 0.717) is 18.1 Å². The molecule has 6 heteroatoms. The number of urea groups is 1. The molecular weight excluding hydrogens is 260 g/mol. The quantitative estimate of drug-likeness (QED) is 0.670. The van der Waals surface area contributed by atoms with E-state index in [9.17, 15) is 9.59 Å². The Hall–Kier alpha value is -2.50. The van der Waals surface area contributed by atoms with Crippen LogP contribution in [0.1, 0.15) is 12.5 Å². The number of imide groups is 1. The molecule has 0 unspecified atom stereocenters. The summed E-state index contributed by atoms with van der Waals surface area (Å²) >= 11 is 0. The Kier molecular flexibility index (Phi) is 3.93. The van der Waals surface area contributed by atoms with E-state index in [4.69, 9.17) is 9.47 Å². The summed E-state index contributed by atoms with van der Waals surface area (Å²) in [6.07, 6.45) is 1.60. The fourth-order valence-corrected chi connectivity index (χ4v) is 1.84. The van der Waals surface area contributed by atoms with Gasteiger partial charge in [-0.2, -0.15) is 0 Å². The number of ether oxygens (including phenoxy) is 2. The van der Waals surface area contributed by atoms with Crippen molar-refractivity contribution in [2.45, 2.75) is 6.92 Å². The normalized spacial score (nSPS) is 16.6. The fourth-order valence-electron chi connectivity index (χ4n) is 1.84. The number of carbonyl (C=O) groups excluding carboxylic acids is 2. The molecule has 0 bridgehead atoms. The van der Waals surface area contributed by atoms with Crippen LogP contribution in [0.4, 0.5) is 4.79 Å². The molecule has 1 heterocycles. The van der Waals surface area contributed by atoms with Crippen LogP contribution in [0.25, 0.3) is 6.08 Å². The molecule has 0 aromatic heterocycles. The van der Waals surface area contributed by atoms with Gasteiger partial charge < -0.3 is 14.8 Å². The van der Waals surface area contributed by atoms with Crippen molar-refractivity contribution < 1.29 is 19.1 Å². The molecule has 0 radical (unpaired) electrons. The zero-order valence-electron chi connectivity index (χ0n) is 11.6. The lowest BCUT2D eigenvalue weighted by atomic mass is 10.1. The highest BCUT2D eigenvalue weighted by Gasteiger charge is 2.29. The zero-order valence-corrected chi connectivity index (χ0v) is 11.6. The molecule has 1 aromatic rings. The summed E-state index contributed by atoms with van der Waals surface area (Å²) in [4.78, 5) is 24.1. The highest BCUT2D eigenvalue weighted by molar-refractivity contribution is 6.13. The van der Waals surface area contributed by atoms with Crippen LogP contribution in [0.2, 0.25) is 0 Å². The molecule has 1 saturated heterocycles. The number of methoxy groups -OCH3 is 1. The van der Waals surface area contributed by atoms with Crippen LogP contribution < -0.4 is 14.8 Å². The van der Waals surface area contributed by atoms with Gasteiger partial charge in [0.05, 0.1) is 13.7 Å². The van der Waals surface area contributed by atoms with Gasteiger partial charge in [0, 0.05) is 7.05 Å². The van der Waals surface area contributed by atoms with Crippen molar-refractivity contribution in [2.75, 3.05) is 20.8 Å². The van der Waals surface area contributed by atoms with E-state index in [0.717, 1.165) is 10.5 Å². The maximum Gasteiger partial charge on any atom is 0.328 e. The minimum atomic E-state index is -0.431. The molecule has 106 valence electrons. The smallest absolute Gasteiger partial charge is 0.328 e. The Morgan fingerprint density at radius 2 is 2.05 bits per heavy atom. The first kappa shape index (κ1) is 13.9. The maximum atomic E-state index is 11.8. The summed E-state index contributed by atoms with van der Waals surface area (Å²) in [7, 11) is 2.97. The lowest BCUT2D eigenvalue weighted by Gasteiger charge is -2.09. The number of rotatable bonds is 4. The van der Waals surface area contributed by atoms with E-state index in [1.165, 1.54) is 7.05 Å². The van der Waals surface area contributed by atoms with Crippen LogP contribution in [0, 0.1) is 0 Å². The lowest BCUT2D eigenvalue weighted by molar-refractivity contribution is -0.121. The average Bonchev–Trinajstić information content (AvgIpc) is 2.68. The number of benzene rings is 1. The Balaban J connectivity index is 2.30. The van der Waals surface area contributed by atoms with Gasteiger partial charge in [-0.05, 0) is 30.7 Å². The van der Waals surface area contributed by atoms with E-state index in [2.05, 4.69) is 5.32 Å². The Morgan fingerprint density at radius 1 is 1.30 bits per heavy atom. The SMILES string of the molecule is CCOc1ccc(/C=C2/NC(=O)N(C)C2=O)cc1OC. The van der Waals surface area contributed by atoms with Crippen LogP contribution in [0.3, 0.4) is 0 Å². The largest absolute Gasteiger partial charge is 0.493 e. The number of nitrogens with zero attached hydrogens (tertiary/aromatic N) is 1. The summed E-state index contributed by atoms with van der Waals surface area (Å²) < 4.78 is 10.7. The summed E-state index contributed by atoms with van der Waals surface area (Å²) in [6, 6.07) is 4.87. The first-order valence-corrected chi connectivity index (χ1v) is 6.18. The molecule has 3 amide bonds. The van der Waals surface area contributed by atoms with Gasteiger partial charge >= 0.3 is 6.03 Å². The standard InChI is InChI=1S/C14H16N2O4/c1-4-20-11-6-5-9(8-12(11)19-3)7-10-13(17)16(2)14(18)15-10/h5-8H,4H2,1-3H3,(H,15,18)/b10-7+. The van der Waals surface area contributed by atoms with E-state index in [-0.39, 0.29) is 11.6 Å². The molecule has 1 aliphatic rings. The second-order valence-electron chi connectivity index (χ2n) is 4.20. The molecule has 6 nitrogen and oxygen atoms in total. The Morgan fingerprint density at radius 3 is 2.60 bits per heavy atom. The first-order valence-electron chi connectivity index (χ1n) is 6.18. The van der Waals surface area contributed by atoms with Gasteiger partial charge in [-0.25, -0.2) is 4.79 Å². The van der Waals surface area contributed by atoms with Gasteiger partial charge in [0.15, 0.2) is 11.5 Å². The minimum Gasteiger partial charge on any atom is -0.493 e. The highest BCUT2D eigenvalue weighted by atomic mass is 16.5. The van der Waals surface area contributed by atoms with Gasteiger partial charge in [0.25, 0.3) is 5.91 Å². The Labute approximate surface area is 117 Å². The van der Waals surface area contributed by atoms with Gasteiger partial charge in [-0.15, -0.1) is 0 Å². The minimum absolute atomic E-state index is 0.240. The summed E-state index contributed by atoms with van der Waals surface area (Å²) in [5.74, 6) is 0.852. The monoisotopic (exact) mass is 276 g/mol. The zero-order chi connectivity index (χ0) is 14.7. The van der Waals surface area contributed by atoms with Gasteiger partial charge in [-0.3, -0.25) is 9.69 Å². The molecule has 1 aliphatic heterocycles. The first-order chi connectivity index (χ1) is 9.56. The topological polar surface area (TPSA) is 67.9 Å². The third kappa shape index (κ3) is 2.59. The van der Waals surface area contributed by atoms with Crippen molar-refractivity contribution in [1.29, 1.82) is 0 Å². The molecule has 1 N–H and O–H groups in total. The van der Waals surface area contributed by atoms with Gasteiger partial charge in [0.1, 0.15) is 5.70 Å². The second kappa shape index (κ2) is 5.64. The van der Waals surface area contributed by atoms with Crippen LogP contribution in [-0.2, 0) is 4.79 Å². The van der Waals surface area contributed by atoms with Crippen LogP contribution >= 0.6 is 0 Å². The van der Waals surface area contributed by atoms with Gasteiger partial charge in [0.2, 0.25) is 0 Å². The van der Waals surface area contributed by atoms with Crippen molar-refractivity contribution >= 4 is 18.0 Å². The number of hydrogen-bond acceptors (Lipinski definition) is 4. The summed E-state index contributed by atoms with van der Waals surface area (Å²) in [5.41, 5.74) is 0.980. The third-order valence-corrected chi connectivity index (χ3v) is 2.88. The lowest BCUT2D eigenvalue weighted by Crippen LogP contribution is -2.25. The van der Waals surface area contributed by atoms with Crippen LogP contribution in [0.15, 0.2) is 23.9 Å². The third-order valence-electron chi connectivity index (χ3n) is 2.88. The van der Waals surface area contributed by atoms with Crippen molar-refractivity contribution in [3.8, 4) is 11.5 Å². The molecule has 0 atom stereocenters. The van der Waals surface area contributed by atoms with Crippen LogP contribution in [-0.4, -0.2) is 37.6 Å². The molecule has 1 aromatic carbocycles. The summed E-state index contributed by atoms with van der Waals surface area (Å²) in [6.45, 7) is 2.42. The number of amides is 3. The predicted molar refractivity (Wildman–Crippen MR) is 73.4 cm³/mol. The van der Waals surface area contributed by atoms with Crippen LogP contribution in [0.5, 0.6) is 11.5 Å². The van der Waals surface area contributed by atoms with Crippen molar-refractivity contribution in [3.63, 3.8) is 0 Å². The number of carbonyl (C=O) groups is 2. The number of likely N-dealkylation sites (N-methyl/N-ethyl adjacent to an activating group) is 1. The maximum absolute atomic E-state index is 11.8. The van der Waals surface area contributed by atoms with E-state index in [1.807, 2.05) is 6.92 Å². The molecule has 0 spiro atoms. The Bertz CT molecular complexity index is 581. The van der Waals surface area contributed by atoms with E-state index < -0.39 is 6.03 Å². The summed E-state index contributed by atoms with van der Waals surface area (Å²) in [5, 5.41) is 2.51. The van der Waals surface area contributed by atoms with Crippen molar-refractivity contribution in [1.82, 2.24) is 10.2 Å². The molecule has 0 aliphatic carbocycles. The molecule has 0 saturated carbocycles. The number of nitrogens with one attached hydrogen (secondary N) is 1. The van der Waals surface area contributed by atoms with E-state index in [1.54, 1.807) is 31.4 Å². The molecular formula is C14H16N2O4. The fraction of sp³-hybridized carbons (Fsp3) is 0.286. The van der Waals surface area contributed by atoms with Crippen molar-refractivity contribution in [2.24, 2.45) is 0 Å². The molecule has 2 rings (SSSR count). The second-order valence-corrected chi connectivity index (χ2v) is 4.20. The highest BCUT2D eigenvalue weighted by Crippen LogP contribution is 2.29. The number of hydrogen-bond donors (Lipinski definition) is 1. The van der Waals surface area contributed by atoms with E-state index >= 15 is 0 Å².